The van der Waals surface area contributed by atoms with Crippen LogP contribution in [0.25, 0.3) is 0 Å². The Balaban J connectivity index is 1.99. The molecule has 0 bridgehead atoms. The number of likely N-dealkylation sites (N-methyl/N-ethyl adjacent to an activating group) is 1. The summed E-state index contributed by atoms with van der Waals surface area (Å²) in [4.78, 5) is 39.3. The first kappa shape index (κ1) is 25.2. The summed E-state index contributed by atoms with van der Waals surface area (Å²) >= 11 is 0. The second-order valence-corrected chi connectivity index (χ2v) is 8.49. The molecule has 0 unspecified atom stereocenters. The number of ether oxygens (including phenoxy) is 3. The molecule has 0 spiro atoms. The molecule has 0 saturated heterocycles. The summed E-state index contributed by atoms with van der Waals surface area (Å²) in [6.45, 7) is 7.41. The molecule has 2 amide bonds. The zero-order chi connectivity index (χ0) is 23.9. The fourth-order valence-electron chi connectivity index (χ4n) is 3.10. The first-order chi connectivity index (χ1) is 15.0. The van der Waals surface area contributed by atoms with Crippen molar-refractivity contribution in [3.63, 3.8) is 0 Å². The number of hydrogen-bond acceptors (Lipinski definition) is 6. The molecule has 0 N–H and O–H groups in total. The molecule has 0 atom stereocenters. The number of hydrogen-bond donors (Lipinski definition) is 0. The molecule has 176 valence electrons. The van der Waals surface area contributed by atoms with Gasteiger partial charge in [0.15, 0.2) is 0 Å². The lowest BCUT2D eigenvalue weighted by Gasteiger charge is -2.28. The highest BCUT2D eigenvalue weighted by atomic mass is 19.1. The third-order valence-electron chi connectivity index (χ3n) is 4.60. The molecular weight excluding hydrogens is 419 g/mol. The van der Waals surface area contributed by atoms with E-state index in [2.05, 4.69) is 0 Å². The van der Waals surface area contributed by atoms with Crippen LogP contribution in [0.2, 0.25) is 0 Å². The quantitative estimate of drug-likeness (QED) is 0.565. The lowest BCUT2D eigenvalue weighted by atomic mass is 9.98. The number of halogens is 1. The Morgan fingerprint density at radius 1 is 1.28 bits per heavy atom. The first-order valence-corrected chi connectivity index (χ1v) is 10.5. The standard InChI is InChI=1S/C23H31FN2O6/c1-6-30-20(27)14-26-10-9-17-7-8-18(11-19(17)21(26)28)31-15-16(12-24)13-25(5)22(29)32-23(2,3)4/h7-8,11-12H,6,9-10,13-15H2,1-5H3/b16-12+. The van der Waals surface area contributed by atoms with E-state index in [1.54, 1.807) is 45.9 Å². The monoisotopic (exact) mass is 450 g/mol. The summed E-state index contributed by atoms with van der Waals surface area (Å²) in [5, 5.41) is 0. The molecule has 2 rings (SSSR count). The third kappa shape index (κ3) is 7.25. The number of esters is 1. The molecule has 1 aliphatic heterocycles. The Kier molecular flexibility index (Phi) is 8.63. The summed E-state index contributed by atoms with van der Waals surface area (Å²) in [6, 6.07) is 5.08. The van der Waals surface area contributed by atoms with Gasteiger partial charge in [0.2, 0.25) is 0 Å². The van der Waals surface area contributed by atoms with Crippen LogP contribution in [0, 0.1) is 0 Å². The molecule has 8 nitrogen and oxygen atoms in total. The third-order valence-corrected chi connectivity index (χ3v) is 4.60. The van der Waals surface area contributed by atoms with Gasteiger partial charge in [-0.15, -0.1) is 0 Å². The SMILES string of the molecule is CCOC(=O)CN1CCc2ccc(OC/C(=C/F)CN(C)C(=O)OC(C)(C)C)cc2C1=O. The maximum Gasteiger partial charge on any atom is 0.410 e. The molecule has 1 aromatic rings. The summed E-state index contributed by atoms with van der Waals surface area (Å²) in [6.07, 6.45) is 0.431. The van der Waals surface area contributed by atoms with E-state index in [9.17, 15) is 18.8 Å². The van der Waals surface area contributed by atoms with Crippen molar-refractivity contribution < 1.29 is 33.0 Å². The molecule has 0 fully saturated rings. The minimum Gasteiger partial charge on any atom is -0.489 e. The predicted molar refractivity (Wildman–Crippen MR) is 116 cm³/mol. The van der Waals surface area contributed by atoms with E-state index in [4.69, 9.17) is 14.2 Å². The van der Waals surface area contributed by atoms with Crippen LogP contribution in [0.4, 0.5) is 9.18 Å². The molecule has 1 aromatic carbocycles. The van der Waals surface area contributed by atoms with Crippen molar-refractivity contribution in [3.05, 3.63) is 41.2 Å². The van der Waals surface area contributed by atoms with Gasteiger partial charge in [-0.25, -0.2) is 9.18 Å². The van der Waals surface area contributed by atoms with Crippen molar-refractivity contribution in [2.75, 3.05) is 39.9 Å². The molecule has 0 aromatic heterocycles. The van der Waals surface area contributed by atoms with Crippen LogP contribution in [0.1, 0.15) is 43.6 Å². The molecule has 0 radical (unpaired) electrons. The number of nitrogens with zero attached hydrogens (tertiary/aromatic N) is 2. The Labute approximate surface area is 187 Å². The van der Waals surface area contributed by atoms with E-state index in [0.29, 0.717) is 30.6 Å². The fraction of sp³-hybridized carbons (Fsp3) is 0.522. The van der Waals surface area contributed by atoms with Crippen LogP contribution < -0.4 is 4.74 Å². The van der Waals surface area contributed by atoms with Crippen molar-refractivity contribution >= 4 is 18.0 Å². The maximum atomic E-state index is 13.4. The van der Waals surface area contributed by atoms with Gasteiger partial charge in [0.1, 0.15) is 24.5 Å². The van der Waals surface area contributed by atoms with E-state index in [0.717, 1.165) is 5.56 Å². The van der Waals surface area contributed by atoms with Gasteiger partial charge in [-0.05, 0) is 51.8 Å². The van der Waals surface area contributed by atoms with Crippen molar-refractivity contribution in [1.82, 2.24) is 9.80 Å². The Hall–Kier alpha value is -3.10. The van der Waals surface area contributed by atoms with Crippen molar-refractivity contribution in [1.29, 1.82) is 0 Å². The minimum absolute atomic E-state index is 0.0113. The maximum absolute atomic E-state index is 13.4. The van der Waals surface area contributed by atoms with Crippen LogP contribution in [-0.2, 0) is 20.7 Å². The lowest BCUT2D eigenvalue weighted by Crippen LogP contribution is -2.41. The van der Waals surface area contributed by atoms with E-state index < -0.39 is 17.7 Å². The van der Waals surface area contributed by atoms with Crippen LogP contribution >= 0.6 is 0 Å². The fourth-order valence-corrected chi connectivity index (χ4v) is 3.10. The van der Waals surface area contributed by atoms with E-state index in [1.807, 2.05) is 0 Å². The van der Waals surface area contributed by atoms with Crippen molar-refractivity contribution in [2.45, 2.75) is 39.7 Å². The second-order valence-electron chi connectivity index (χ2n) is 8.49. The Morgan fingerprint density at radius 2 is 2.00 bits per heavy atom. The zero-order valence-corrected chi connectivity index (χ0v) is 19.3. The van der Waals surface area contributed by atoms with Crippen LogP contribution in [0.5, 0.6) is 5.75 Å². The van der Waals surface area contributed by atoms with Crippen molar-refractivity contribution in [2.24, 2.45) is 0 Å². The highest BCUT2D eigenvalue weighted by Crippen LogP contribution is 2.24. The van der Waals surface area contributed by atoms with Crippen LogP contribution in [-0.4, -0.2) is 73.3 Å². The molecule has 1 heterocycles. The van der Waals surface area contributed by atoms with Gasteiger partial charge in [0.25, 0.3) is 5.91 Å². The minimum atomic E-state index is -0.655. The number of fused-ring (bicyclic) bond motifs is 1. The molecule has 0 aliphatic carbocycles. The highest BCUT2D eigenvalue weighted by molar-refractivity contribution is 5.98. The highest BCUT2D eigenvalue weighted by Gasteiger charge is 2.27. The van der Waals surface area contributed by atoms with Gasteiger partial charge in [0, 0.05) is 24.7 Å². The topological polar surface area (TPSA) is 85.4 Å². The van der Waals surface area contributed by atoms with Crippen LogP contribution in [0.3, 0.4) is 0 Å². The molecular formula is C23H31FN2O6. The Bertz CT molecular complexity index is 878. The molecule has 0 saturated carbocycles. The van der Waals surface area contributed by atoms with Gasteiger partial charge in [0.05, 0.1) is 19.5 Å². The zero-order valence-electron chi connectivity index (χ0n) is 19.3. The van der Waals surface area contributed by atoms with Crippen LogP contribution in [0.15, 0.2) is 30.1 Å². The summed E-state index contributed by atoms with van der Waals surface area (Å²) in [7, 11) is 1.51. The van der Waals surface area contributed by atoms with E-state index in [1.165, 1.54) is 16.8 Å². The average molecular weight is 451 g/mol. The average Bonchev–Trinajstić information content (AvgIpc) is 2.72. The number of rotatable bonds is 8. The molecule has 32 heavy (non-hydrogen) atoms. The molecule has 9 heteroatoms. The Morgan fingerprint density at radius 3 is 2.62 bits per heavy atom. The number of carbonyl (C=O) groups excluding carboxylic acids is 3. The normalized spacial score (nSPS) is 14.0. The number of amides is 2. The molecule has 1 aliphatic rings. The van der Waals surface area contributed by atoms with Crippen molar-refractivity contribution in [3.8, 4) is 5.75 Å². The largest absolute Gasteiger partial charge is 0.489 e. The van der Waals surface area contributed by atoms with Gasteiger partial charge >= 0.3 is 12.1 Å². The lowest BCUT2D eigenvalue weighted by molar-refractivity contribution is -0.143. The summed E-state index contributed by atoms with van der Waals surface area (Å²) in [5.74, 6) is -0.353. The van der Waals surface area contributed by atoms with E-state index >= 15 is 0 Å². The van der Waals surface area contributed by atoms with E-state index in [-0.39, 0.29) is 37.8 Å². The summed E-state index contributed by atoms with van der Waals surface area (Å²) < 4.78 is 29.2. The number of benzene rings is 1. The van der Waals surface area contributed by atoms with Gasteiger partial charge in [-0.2, -0.15) is 0 Å². The second kappa shape index (κ2) is 11.0. The summed E-state index contributed by atoms with van der Waals surface area (Å²) in [5.41, 5.74) is 0.868. The van der Waals surface area contributed by atoms with Gasteiger partial charge < -0.3 is 24.0 Å². The smallest absolute Gasteiger partial charge is 0.410 e. The number of carbonyl (C=O) groups is 3. The first-order valence-electron chi connectivity index (χ1n) is 10.5. The predicted octanol–water partition coefficient (Wildman–Crippen LogP) is 3.35. The van der Waals surface area contributed by atoms with Gasteiger partial charge in [-0.1, -0.05) is 6.07 Å². The van der Waals surface area contributed by atoms with Gasteiger partial charge in [-0.3, -0.25) is 9.59 Å².